The molecule has 1 aromatic carbocycles. The van der Waals surface area contributed by atoms with Gasteiger partial charge in [-0.3, -0.25) is 0 Å². The van der Waals surface area contributed by atoms with Gasteiger partial charge in [0, 0.05) is 0 Å². The number of rotatable bonds is 0. The van der Waals surface area contributed by atoms with Crippen LogP contribution in [0.25, 0.3) is 0 Å². The van der Waals surface area contributed by atoms with Crippen molar-refractivity contribution in [3.8, 4) is 0 Å². The van der Waals surface area contributed by atoms with Crippen LogP contribution in [0.5, 0.6) is 0 Å². The fourth-order valence-electron chi connectivity index (χ4n) is 0.477. The molecule has 0 bridgehead atoms. The van der Waals surface area contributed by atoms with Crippen molar-refractivity contribution in [2.75, 3.05) is 0 Å². The van der Waals surface area contributed by atoms with Gasteiger partial charge in [-0.15, -0.1) is 0 Å². The fourth-order valence-corrected chi connectivity index (χ4v) is 0.943. The van der Waals surface area contributed by atoms with E-state index in [1.54, 1.807) is 22.6 Å². The highest BCUT2D eigenvalue weighted by molar-refractivity contribution is 14.1. The molecule has 0 radical (unpaired) electrons. The second-order valence-corrected chi connectivity index (χ2v) is 2.70. The molecule has 0 fully saturated rings. The summed E-state index contributed by atoms with van der Waals surface area (Å²) in [5, 5.41) is 0. The normalized spacial score (nSPS) is 9.67. The van der Waals surface area contributed by atoms with E-state index in [9.17, 15) is 8.78 Å². The Bertz CT molecular complexity index is 202. The average molecular weight is 240 g/mol. The molecule has 0 amide bonds. The number of benzene rings is 1. The van der Waals surface area contributed by atoms with Crippen molar-refractivity contribution in [1.29, 1.82) is 0 Å². The van der Waals surface area contributed by atoms with Gasteiger partial charge in [0.2, 0.25) is 0 Å². The Morgan fingerprint density at radius 3 is 2.33 bits per heavy atom. The van der Waals surface area contributed by atoms with Gasteiger partial charge in [0.1, 0.15) is 0 Å². The lowest BCUT2D eigenvalue weighted by Crippen LogP contribution is -1.85. The van der Waals surface area contributed by atoms with E-state index in [4.69, 9.17) is 0 Å². The summed E-state index contributed by atoms with van der Waals surface area (Å²) in [6.45, 7) is 0. The predicted molar refractivity (Wildman–Crippen MR) is 39.1 cm³/mol. The molecule has 0 saturated heterocycles. The van der Waals surface area contributed by atoms with E-state index in [0.29, 0.717) is 3.57 Å². The lowest BCUT2D eigenvalue weighted by molar-refractivity contribution is 0.503. The third kappa shape index (κ3) is 1.38. The summed E-state index contributed by atoms with van der Waals surface area (Å²) in [6, 6.07) is 4.08. The zero-order valence-electron chi connectivity index (χ0n) is 4.37. The Morgan fingerprint density at radius 2 is 1.89 bits per heavy atom. The van der Waals surface area contributed by atoms with E-state index in [1.807, 2.05) is 0 Å². The van der Waals surface area contributed by atoms with Crippen LogP contribution >= 0.6 is 22.6 Å². The van der Waals surface area contributed by atoms with Gasteiger partial charge < -0.3 is 0 Å². The van der Waals surface area contributed by atoms with Crippen LogP contribution in [0, 0.1) is 15.2 Å². The highest BCUT2D eigenvalue weighted by Crippen LogP contribution is 2.12. The summed E-state index contributed by atoms with van der Waals surface area (Å²) in [7, 11) is 0. The van der Waals surface area contributed by atoms with Gasteiger partial charge in [0.15, 0.2) is 11.6 Å². The summed E-state index contributed by atoms with van der Waals surface area (Å²) in [6.07, 6.45) is 0. The van der Waals surface area contributed by atoms with Crippen molar-refractivity contribution in [2.24, 2.45) is 0 Å². The van der Waals surface area contributed by atoms with Crippen molar-refractivity contribution in [3.63, 3.8) is 0 Å². The molecule has 9 heavy (non-hydrogen) atoms. The van der Waals surface area contributed by atoms with Gasteiger partial charge in [-0.05, 0) is 34.7 Å². The maximum absolute atomic E-state index is 12.3. The van der Waals surface area contributed by atoms with Crippen LogP contribution in [0.3, 0.4) is 0 Å². The van der Waals surface area contributed by atoms with Crippen LogP contribution in [0.15, 0.2) is 18.2 Å². The molecule has 0 aliphatic heterocycles. The second-order valence-electron chi connectivity index (χ2n) is 1.54. The van der Waals surface area contributed by atoms with Gasteiger partial charge in [-0.1, -0.05) is 6.07 Å². The van der Waals surface area contributed by atoms with Crippen LogP contribution in [0.2, 0.25) is 0 Å². The molecular formula is C6H3F2I. The third-order valence-electron chi connectivity index (χ3n) is 0.904. The van der Waals surface area contributed by atoms with E-state index >= 15 is 0 Å². The van der Waals surface area contributed by atoms with Gasteiger partial charge in [-0.2, -0.15) is 0 Å². The second kappa shape index (κ2) is 2.60. The summed E-state index contributed by atoms with van der Waals surface area (Å²) >= 11 is 1.73. The Hall–Kier alpha value is -0.190. The predicted octanol–water partition coefficient (Wildman–Crippen LogP) is 2.57. The third-order valence-corrected chi connectivity index (χ3v) is 1.74. The number of hydrogen-bond acceptors (Lipinski definition) is 0. The first-order chi connectivity index (χ1) is 4.22. The Balaban J connectivity index is 3.25. The zero-order chi connectivity index (χ0) is 6.85. The molecule has 0 aromatic heterocycles. The summed E-state index contributed by atoms with van der Waals surface area (Å²) in [4.78, 5) is 0. The zero-order valence-corrected chi connectivity index (χ0v) is 6.52. The molecule has 1 rings (SSSR count). The summed E-state index contributed by atoms with van der Waals surface area (Å²) < 4.78 is 24.9. The van der Waals surface area contributed by atoms with E-state index in [-0.39, 0.29) is 0 Å². The van der Waals surface area contributed by atoms with E-state index in [2.05, 4.69) is 0 Å². The molecule has 0 aliphatic carbocycles. The SMILES string of the molecule is Fc1cccc(I)c1F. The Labute approximate surface area is 65.0 Å². The molecule has 0 saturated carbocycles. The van der Waals surface area contributed by atoms with E-state index in [0.717, 1.165) is 6.07 Å². The lowest BCUT2D eigenvalue weighted by atomic mass is 10.3. The molecule has 0 aliphatic rings. The molecule has 0 nitrogen and oxygen atoms in total. The van der Waals surface area contributed by atoms with Gasteiger partial charge >= 0.3 is 0 Å². The maximum atomic E-state index is 12.3. The highest BCUT2D eigenvalue weighted by Gasteiger charge is 2.02. The molecular weight excluding hydrogens is 237 g/mol. The number of hydrogen-bond donors (Lipinski definition) is 0. The van der Waals surface area contributed by atoms with Crippen LogP contribution < -0.4 is 0 Å². The minimum atomic E-state index is -0.790. The van der Waals surface area contributed by atoms with Crippen molar-refractivity contribution in [2.45, 2.75) is 0 Å². The van der Waals surface area contributed by atoms with E-state index in [1.165, 1.54) is 12.1 Å². The molecule has 0 heterocycles. The maximum Gasteiger partial charge on any atom is 0.172 e. The fraction of sp³-hybridized carbons (Fsp3) is 0. The van der Waals surface area contributed by atoms with Gasteiger partial charge in [0.05, 0.1) is 3.57 Å². The lowest BCUT2D eigenvalue weighted by Gasteiger charge is -1.91. The summed E-state index contributed by atoms with van der Waals surface area (Å²) in [5.74, 6) is -1.56. The minimum Gasteiger partial charge on any atom is -0.204 e. The Kier molecular flexibility index (Phi) is 2.00. The summed E-state index contributed by atoms with van der Waals surface area (Å²) in [5.41, 5.74) is 0. The van der Waals surface area contributed by atoms with Gasteiger partial charge in [0.25, 0.3) is 0 Å². The molecule has 0 N–H and O–H groups in total. The van der Waals surface area contributed by atoms with Gasteiger partial charge in [-0.25, -0.2) is 8.78 Å². The van der Waals surface area contributed by atoms with Crippen LogP contribution in [-0.2, 0) is 0 Å². The van der Waals surface area contributed by atoms with Crippen molar-refractivity contribution in [3.05, 3.63) is 33.4 Å². The first-order valence-corrected chi connectivity index (χ1v) is 3.39. The van der Waals surface area contributed by atoms with Crippen LogP contribution in [0.4, 0.5) is 8.78 Å². The topological polar surface area (TPSA) is 0 Å². The monoisotopic (exact) mass is 240 g/mol. The van der Waals surface area contributed by atoms with Crippen LogP contribution in [0.1, 0.15) is 0 Å². The first-order valence-electron chi connectivity index (χ1n) is 2.31. The molecule has 3 heteroatoms. The first kappa shape index (κ1) is 6.92. The standard InChI is InChI=1S/C6H3F2I/c7-4-2-1-3-5(9)6(4)8/h1-3H. The molecule has 1 aromatic rings. The quantitative estimate of drug-likeness (QED) is 0.483. The van der Waals surface area contributed by atoms with Crippen molar-refractivity contribution >= 4 is 22.6 Å². The molecule has 48 valence electrons. The highest BCUT2D eigenvalue weighted by atomic mass is 127. The van der Waals surface area contributed by atoms with Crippen LogP contribution in [-0.4, -0.2) is 0 Å². The smallest absolute Gasteiger partial charge is 0.172 e. The largest absolute Gasteiger partial charge is 0.204 e. The van der Waals surface area contributed by atoms with Crippen molar-refractivity contribution < 1.29 is 8.78 Å². The van der Waals surface area contributed by atoms with Crippen molar-refractivity contribution in [1.82, 2.24) is 0 Å². The average Bonchev–Trinajstić information content (AvgIpc) is 1.83. The molecule has 0 spiro atoms. The Morgan fingerprint density at radius 1 is 1.22 bits per heavy atom. The number of halogens is 3. The molecule has 0 atom stereocenters. The molecule has 0 unspecified atom stereocenters. The van der Waals surface area contributed by atoms with E-state index < -0.39 is 11.6 Å². The minimum absolute atomic E-state index is 0.313.